The first-order chi connectivity index (χ1) is 18.7. The van der Waals surface area contributed by atoms with Gasteiger partial charge in [0.15, 0.2) is 0 Å². The Morgan fingerprint density at radius 2 is 1.59 bits per heavy atom. The van der Waals surface area contributed by atoms with Crippen molar-refractivity contribution in [2.24, 2.45) is 0 Å². The molecule has 39 heavy (non-hydrogen) atoms. The fourth-order valence-electron chi connectivity index (χ4n) is 4.07. The van der Waals surface area contributed by atoms with Crippen LogP contribution in [0.1, 0.15) is 32.3 Å². The number of methoxy groups -OCH3 is 1. The molecule has 0 aromatic heterocycles. The fourth-order valence-corrected chi connectivity index (χ4v) is 5.77. The largest absolute Gasteiger partial charge is 0.497 e. The number of benzene rings is 3. The molecule has 0 aliphatic heterocycles. The van der Waals surface area contributed by atoms with Gasteiger partial charge in [-0.05, 0) is 66.9 Å². The van der Waals surface area contributed by atoms with Gasteiger partial charge in [0.25, 0.3) is 10.0 Å². The molecular weight excluding hydrogens is 582 g/mol. The summed E-state index contributed by atoms with van der Waals surface area (Å²) in [5, 5.41) is 2.88. The summed E-state index contributed by atoms with van der Waals surface area (Å²) in [5.74, 6) is -0.103. The van der Waals surface area contributed by atoms with Crippen molar-refractivity contribution >= 4 is 43.5 Å². The smallest absolute Gasteiger partial charge is 0.264 e. The molecule has 0 aliphatic carbocycles. The zero-order valence-electron chi connectivity index (χ0n) is 22.3. The Morgan fingerprint density at radius 1 is 0.949 bits per heavy atom. The van der Waals surface area contributed by atoms with Crippen LogP contribution in [0.25, 0.3) is 0 Å². The SMILES string of the molecule is CCCNC(=O)C(CC)N(Cc1ccc(OC)cc1)C(=O)CN(c1ccc(Br)cc1)S(=O)(=O)c1ccccc1. The number of hydrogen-bond acceptors (Lipinski definition) is 5. The van der Waals surface area contributed by atoms with Crippen LogP contribution >= 0.6 is 15.9 Å². The molecule has 2 amide bonds. The maximum absolute atomic E-state index is 14.0. The van der Waals surface area contributed by atoms with Gasteiger partial charge in [-0.2, -0.15) is 0 Å². The monoisotopic (exact) mass is 615 g/mol. The molecule has 0 fully saturated rings. The summed E-state index contributed by atoms with van der Waals surface area (Å²) in [6.45, 7) is 3.91. The highest BCUT2D eigenvalue weighted by Crippen LogP contribution is 2.26. The maximum Gasteiger partial charge on any atom is 0.264 e. The fraction of sp³-hybridized carbons (Fsp3) is 0.310. The van der Waals surface area contributed by atoms with Crippen LogP contribution in [0.4, 0.5) is 5.69 Å². The van der Waals surface area contributed by atoms with E-state index in [0.29, 0.717) is 24.4 Å². The van der Waals surface area contributed by atoms with Crippen LogP contribution in [0, 0.1) is 0 Å². The Hall–Kier alpha value is -3.37. The third kappa shape index (κ3) is 7.83. The van der Waals surface area contributed by atoms with Gasteiger partial charge >= 0.3 is 0 Å². The second-order valence-electron chi connectivity index (χ2n) is 8.89. The number of hydrogen-bond donors (Lipinski definition) is 1. The minimum absolute atomic E-state index is 0.0650. The maximum atomic E-state index is 14.0. The van der Waals surface area contributed by atoms with E-state index in [1.54, 1.807) is 61.7 Å². The van der Waals surface area contributed by atoms with Gasteiger partial charge in [-0.15, -0.1) is 0 Å². The van der Waals surface area contributed by atoms with Gasteiger partial charge in [-0.1, -0.05) is 60.1 Å². The van der Waals surface area contributed by atoms with Crippen LogP contribution in [-0.4, -0.2) is 51.4 Å². The van der Waals surface area contributed by atoms with Crippen LogP contribution in [0.5, 0.6) is 5.75 Å². The molecule has 3 rings (SSSR count). The molecule has 0 bridgehead atoms. The average Bonchev–Trinajstić information content (AvgIpc) is 2.95. The molecule has 10 heteroatoms. The molecule has 208 valence electrons. The van der Waals surface area contributed by atoms with Crippen LogP contribution < -0.4 is 14.4 Å². The Kier molecular flexibility index (Phi) is 10.9. The van der Waals surface area contributed by atoms with Crippen molar-refractivity contribution in [2.75, 3.05) is 24.5 Å². The standard InChI is InChI=1S/C29H34BrN3O5S/c1-4-19-31-29(35)27(5-2)32(20-22-11-17-25(38-3)18-12-22)28(34)21-33(24-15-13-23(30)14-16-24)39(36,37)26-9-7-6-8-10-26/h6-18,27H,4-5,19-21H2,1-3H3,(H,31,35). The van der Waals surface area contributed by atoms with Crippen molar-refractivity contribution in [1.29, 1.82) is 0 Å². The van der Waals surface area contributed by atoms with E-state index in [0.717, 1.165) is 20.8 Å². The molecule has 1 N–H and O–H groups in total. The molecule has 8 nitrogen and oxygen atoms in total. The van der Waals surface area contributed by atoms with Crippen LogP contribution in [0.3, 0.4) is 0 Å². The van der Waals surface area contributed by atoms with Crippen LogP contribution in [0.15, 0.2) is 88.2 Å². The highest BCUT2D eigenvalue weighted by Gasteiger charge is 2.33. The van der Waals surface area contributed by atoms with Crippen molar-refractivity contribution < 1.29 is 22.7 Å². The zero-order chi connectivity index (χ0) is 28.4. The molecule has 0 radical (unpaired) electrons. The lowest BCUT2D eigenvalue weighted by Crippen LogP contribution is -2.52. The third-order valence-corrected chi connectivity index (χ3v) is 8.49. The van der Waals surface area contributed by atoms with Gasteiger partial charge in [0.1, 0.15) is 18.3 Å². The van der Waals surface area contributed by atoms with Gasteiger partial charge in [0.05, 0.1) is 17.7 Å². The molecule has 0 aliphatic rings. The number of halogens is 1. The highest BCUT2D eigenvalue weighted by atomic mass is 79.9. The first-order valence-electron chi connectivity index (χ1n) is 12.7. The number of amides is 2. The Balaban J connectivity index is 2.02. The topological polar surface area (TPSA) is 96.0 Å². The number of carbonyl (C=O) groups excluding carboxylic acids is 2. The molecule has 1 unspecified atom stereocenters. The summed E-state index contributed by atoms with van der Waals surface area (Å²) in [7, 11) is -2.52. The third-order valence-electron chi connectivity index (χ3n) is 6.17. The van der Waals surface area contributed by atoms with E-state index in [-0.39, 0.29) is 17.3 Å². The van der Waals surface area contributed by atoms with Crippen molar-refractivity contribution in [1.82, 2.24) is 10.2 Å². The lowest BCUT2D eigenvalue weighted by Gasteiger charge is -2.33. The molecule has 3 aromatic carbocycles. The summed E-state index contributed by atoms with van der Waals surface area (Å²) in [5.41, 5.74) is 1.12. The molecular formula is C29H34BrN3O5S. The van der Waals surface area contributed by atoms with Gasteiger partial charge in [0, 0.05) is 17.6 Å². The second kappa shape index (κ2) is 14.1. The lowest BCUT2D eigenvalue weighted by atomic mass is 10.1. The number of carbonyl (C=O) groups is 2. The van der Waals surface area contributed by atoms with E-state index < -0.39 is 28.5 Å². The summed E-state index contributed by atoms with van der Waals surface area (Å²) < 4.78 is 34.6. The van der Waals surface area contributed by atoms with E-state index in [4.69, 9.17) is 4.74 Å². The number of ether oxygens (including phenoxy) is 1. The number of sulfonamides is 1. The summed E-state index contributed by atoms with van der Waals surface area (Å²) in [6.07, 6.45) is 1.11. The molecule has 0 heterocycles. The van der Waals surface area contributed by atoms with Crippen LogP contribution in [-0.2, 0) is 26.2 Å². The second-order valence-corrected chi connectivity index (χ2v) is 11.7. The Morgan fingerprint density at radius 3 is 2.15 bits per heavy atom. The first kappa shape index (κ1) is 30.2. The van der Waals surface area contributed by atoms with E-state index in [1.165, 1.54) is 17.0 Å². The number of nitrogens with one attached hydrogen (secondary N) is 1. The zero-order valence-corrected chi connectivity index (χ0v) is 24.7. The van der Waals surface area contributed by atoms with Gasteiger partial charge < -0.3 is 15.0 Å². The number of rotatable bonds is 13. The Labute approximate surface area is 239 Å². The summed E-state index contributed by atoms with van der Waals surface area (Å²) >= 11 is 3.38. The van der Waals surface area contributed by atoms with Gasteiger partial charge in [-0.3, -0.25) is 13.9 Å². The minimum Gasteiger partial charge on any atom is -0.497 e. The summed E-state index contributed by atoms with van der Waals surface area (Å²) in [4.78, 5) is 28.6. The number of nitrogens with zero attached hydrogens (tertiary/aromatic N) is 2. The predicted octanol–water partition coefficient (Wildman–Crippen LogP) is 4.99. The quantitative estimate of drug-likeness (QED) is 0.292. The van der Waals surface area contributed by atoms with E-state index in [9.17, 15) is 18.0 Å². The van der Waals surface area contributed by atoms with Crippen molar-refractivity contribution in [2.45, 2.75) is 44.2 Å². The Bertz CT molecular complexity index is 1330. The highest BCUT2D eigenvalue weighted by molar-refractivity contribution is 9.10. The first-order valence-corrected chi connectivity index (χ1v) is 15.0. The van der Waals surface area contributed by atoms with Gasteiger partial charge in [-0.25, -0.2) is 8.42 Å². The van der Waals surface area contributed by atoms with Crippen LogP contribution in [0.2, 0.25) is 0 Å². The molecule has 3 aromatic rings. The summed E-state index contributed by atoms with van der Waals surface area (Å²) in [6, 6.07) is 21.1. The van der Waals surface area contributed by atoms with Gasteiger partial charge in [0.2, 0.25) is 11.8 Å². The van der Waals surface area contributed by atoms with E-state index >= 15 is 0 Å². The van der Waals surface area contributed by atoms with Crippen molar-refractivity contribution in [3.8, 4) is 5.75 Å². The van der Waals surface area contributed by atoms with E-state index in [1.807, 2.05) is 26.0 Å². The lowest BCUT2D eigenvalue weighted by molar-refractivity contribution is -0.140. The minimum atomic E-state index is -4.09. The molecule has 0 spiro atoms. The van der Waals surface area contributed by atoms with E-state index in [2.05, 4.69) is 21.2 Å². The predicted molar refractivity (Wildman–Crippen MR) is 156 cm³/mol. The molecule has 1 atom stereocenters. The normalized spacial score (nSPS) is 11.9. The van der Waals surface area contributed by atoms with Crippen molar-refractivity contribution in [3.05, 3.63) is 88.9 Å². The van der Waals surface area contributed by atoms with Crippen molar-refractivity contribution in [3.63, 3.8) is 0 Å². The average molecular weight is 617 g/mol. The molecule has 0 saturated carbocycles. The molecule has 0 saturated heterocycles. The number of anilines is 1.